The normalized spacial score (nSPS) is 42.4. The molecule has 0 saturated heterocycles. The van der Waals surface area contributed by atoms with Crippen LogP contribution in [0.4, 0.5) is 0 Å². The van der Waals surface area contributed by atoms with Gasteiger partial charge in [0.2, 0.25) is 5.79 Å². The average Bonchev–Trinajstić information content (AvgIpc) is 2.99. The first-order valence-corrected chi connectivity index (χ1v) is 13.8. The summed E-state index contributed by atoms with van der Waals surface area (Å²) < 4.78 is 17.9. The van der Waals surface area contributed by atoms with Crippen LogP contribution in [0.25, 0.3) is 0 Å². The van der Waals surface area contributed by atoms with Gasteiger partial charge in [0.15, 0.2) is 5.78 Å². The van der Waals surface area contributed by atoms with E-state index in [1.807, 2.05) is 27.7 Å². The molecule has 1 aromatic rings. The summed E-state index contributed by atoms with van der Waals surface area (Å²) in [5, 5.41) is 24.5. The second kappa shape index (κ2) is 8.98. The minimum atomic E-state index is -2.37. The Morgan fingerprint density at radius 3 is 2.28 bits per heavy atom. The summed E-state index contributed by atoms with van der Waals surface area (Å²) in [5.74, 6) is -5.68. The maximum absolute atomic E-state index is 14.4. The van der Waals surface area contributed by atoms with E-state index in [0.29, 0.717) is 31.2 Å². The average molecular weight is 541 g/mol. The molecule has 39 heavy (non-hydrogen) atoms. The number of aryl methyl sites for hydroxylation is 1. The monoisotopic (exact) mass is 540 g/mol. The molecular weight excluding hydrogens is 500 g/mol. The van der Waals surface area contributed by atoms with Gasteiger partial charge in [-0.15, -0.1) is 0 Å². The predicted octanol–water partition coefficient (Wildman–Crippen LogP) is 3.76. The molecule has 4 saturated carbocycles. The van der Waals surface area contributed by atoms with Gasteiger partial charge in [-0.25, -0.2) is 4.79 Å². The first-order valence-electron chi connectivity index (χ1n) is 13.8. The molecule has 1 spiro atoms. The van der Waals surface area contributed by atoms with E-state index in [0.717, 1.165) is 5.56 Å². The lowest BCUT2D eigenvalue weighted by Gasteiger charge is -2.70. The molecule has 4 aliphatic rings. The number of carbonyl (C=O) groups is 3. The summed E-state index contributed by atoms with van der Waals surface area (Å²) in [6, 6.07) is 6.91. The van der Waals surface area contributed by atoms with E-state index in [1.165, 1.54) is 14.0 Å². The van der Waals surface area contributed by atoms with E-state index in [4.69, 9.17) is 14.2 Å². The van der Waals surface area contributed by atoms with Gasteiger partial charge >= 0.3 is 11.9 Å². The number of benzene rings is 1. The Kier molecular flexibility index (Phi) is 6.45. The molecular formula is C31H40O8. The van der Waals surface area contributed by atoms with Crippen LogP contribution in [0.2, 0.25) is 0 Å². The number of fused-ring (bicyclic) bond motifs is 3. The van der Waals surface area contributed by atoms with Crippen molar-refractivity contribution < 1.29 is 38.8 Å². The summed E-state index contributed by atoms with van der Waals surface area (Å²) in [7, 11) is 1.27. The summed E-state index contributed by atoms with van der Waals surface area (Å²) in [6.07, 6.45) is -1.12. The number of ketones is 1. The summed E-state index contributed by atoms with van der Waals surface area (Å²) in [4.78, 5) is 40.1. The number of hydrogen-bond acceptors (Lipinski definition) is 8. The van der Waals surface area contributed by atoms with Gasteiger partial charge in [0.05, 0.1) is 5.56 Å². The topological polar surface area (TPSA) is 119 Å². The number of carbonyl (C=O) groups excluding carboxylic acids is 3. The van der Waals surface area contributed by atoms with Crippen molar-refractivity contribution in [3.05, 3.63) is 47.5 Å². The van der Waals surface area contributed by atoms with Gasteiger partial charge in [-0.1, -0.05) is 45.0 Å². The van der Waals surface area contributed by atoms with Crippen LogP contribution in [-0.4, -0.2) is 59.1 Å². The predicted molar refractivity (Wildman–Crippen MR) is 141 cm³/mol. The zero-order valence-electron chi connectivity index (χ0n) is 23.7. The quantitative estimate of drug-likeness (QED) is 0.337. The maximum atomic E-state index is 14.4. The van der Waals surface area contributed by atoms with Crippen LogP contribution in [0, 0.1) is 40.9 Å². The Bertz CT molecular complexity index is 1220. The van der Waals surface area contributed by atoms with Crippen molar-refractivity contribution in [2.75, 3.05) is 7.11 Å². The van der Waals surface area contributed by atoms with Crippen LogP contribution < -0.4 is 0 Å². The van der Waals surface area contributed by atoms with Crippen LogP contribution >= 0.6 is 0 Å². The van der Waals surface area contributed by atoms with Crippen LogP contribution in [-0.2, 0) is 23.8 Å². The first kappa shape index (κ1) is 28.0. The van der Waals surface area contributed by atoms with Gasteiger partial charge in [-0.3, -0.25) is 9.59 Å². The number of aliphatic hydroxyl groups excluding tert-OH is 1. The van der Waals surface area contributed by atoms with Gasteiger partial charge in [0.1, 0.15) is 23.7 Å². The molecule has 1 aromatic carbocycles. The van der Waals surface area contributed by atoms with Crippen molar-refractivity contribution in [3.8, 4) is 0 Å². The largest absolute Gasteiger partial charge is 0.462 e. The molecule has 2 bridgehead atoms. The fourth-order valence-corrected chi connectivity index (χ4v) is 9.15. The summed E-state index contributed by atoms with van der Waals surface area (Å²) >= 11 is 0. The summed E-state index contributed by atoms with van der Waals surface area (Å²) in [5.41, 5.74) is -1.71. The van der Waals surface area contributed by atoms with Gasteiger partial charge < -0.3 is 24.4 Å². The lowest BCUT2D eigenvalue weighted by Crippen LogP contribution is -2.80. The van der Waals surface area contributed by atoms with Crippen molar-refractivity contribution in [2.24, 2.45) is 34.0 Å². The van der Waals surface area contributed by atoms with E-state index in [9.17, 15) is 24.6 Å². The number of methoxy groups -OCH3 is 1. The molecule has 0 aliphatic heterocycles. The van der Waals surface area contributed by atoms with E-state index in [2.05, 4.69) is 6.58 Å². The Labute approximate surface area is 229 Å². The summed E-state index contributed by atoms with van der Waals surface area (Å²) in [6.45, 7) is 13.3. The third-order valence-electron chi connectivity index (χ3n) is 10.7. The standard InChI is InChI=1S/C31H40O8/c1-16-8-10-19(11-9-16)27(35)39-26-20-12-13-21-29(6)22(38-18(3)32)14-15-28(4,5)23(29)25(34)31(36,37-7)30(21,26)24(33)17(20)2/h8-11,20-23,25-26,34,36H,2,12-15H2,1,3-7H3/t20-,21-,22-,23+,25-,26+,29+,30-,31+/m0/s1. The highest BCUT2D eigenvalue weighted by Gasteiger charge is 2.84. The molecule has 8 heteroatoms. The molecule has 5 rings (SSSR count). The van der Waals surface area contributed by atoms with Gasteiger partial charge in [-0.05, 0) is 61.6 Å². The van der Waals surface area contributed by atoms with Crippen molar-refractivity contribution >= 4 is 17.7 Å². The molecule has 4 fully saturated rings. The molecule has 8 nitrogen and oxygen atoms in total. The lowest BCUT2D eigenvalue weighted by molar-refractivity contribution is -0.396. The highest BCUT2D eigenvalue weighted by atomic mass is 16.6. The molecule has 4 aliphatic carbocycles. The SMILES string of the molecule is C=C1C(=O)[C@]23[C@H](OC(=O)c4ccc(C)cc4)[C@H]1CC[C@H]2[C@]1(C)[C@@H](OC(C)=O)CCC(C)(C)[C@H]1[C@H](O)[C@@]3(O)OC. The minimum Gasteiger partial charge on any atom is -0.462 e. The molecule has 2 N–H and O–H groups in total. The minimum absolute atomic E-state index is 0.253. The Morgan fingerprint density at radius 2 is 1.69 bits per heavy atom. The van der Waals surface area contributed by atoms with Crippen LogP contribution in [0.1, 0.15) is 69.3 Å². The van der Waals surface area contributed by atoms with Gasteiger partial charge in [0, 0.05) is 31.3 Å². The van der Waals surface area contributed by atoms with E-state index >= 15 is 0 Å². The molecule has 0 unspecified atom stereocenters. The number of esters is 2. The molecule has 0 heterocycles. The van der Waals surface area contributed by atoms with Gasteiger partial charge in [-0.2, -0.15) is 0 Å². The second-order valence-electron chi connectivity index (χ2n) is 13.0. The Morgan fingerprint density at radius 1 is 1.05 bits per heavy atom. The second-order valence-corrected chi connectivity index (χ2v) is 13.0. The number of Topliss-reactive ketones (excluding diaryl/α,β-unsaturated/α-hetero) is 1. The Balaban J connectivity index is 1.72. The van der Waals surface area contributed by atoms with E-state index in [-0.39, 0.29) is 5.57 Å². The van der Waals surface area contributed by atoms with Crippen molar-refractivity contribution in [1.82, 2.24) is 0 Å². The van der Waals surface area contributed by atoms with E-state index < -0.39 is 75.8 Å². The van der Waals surface area contributed by atoms with Crippen molar-refractivity contribution in [3.63, 3.8) is 0 Å². The number of aliphatic hydroxyl groups is 2. The highest BCUT2D eigenvalue weighted by molar-refractivity contribution is 6.05. The third kappa shape index (κ3) is 3.50. The highest BCUT2D eigenvalue weighted by Crippen LogP contribution is 2.74. The molecule has 0 radical (unpaired) electrons. The number of hydrogen-bond donors (Lipinski definition) is 2. The van der Waals surface area contributed by atoms with E-state index in [1.54, 1.807) is 24.3 Å². The zero-order valence-corrected chi connectivity index (χ0v) is 23.7. The molecule has 0 amide bonds. The Hall–Kier alpha value is -2.55. The van der Waals surface area contributed by atoms with Crippen molar-refractivity contribution in [2.45, 2.75) is 84.4 Å². The zero-order chi connectivity index (χ0) is 28.7. The molecule has 9 atom stereocenters. The smallest absolute Gasteiger partial charge is 0.338 e. The van der Waals surface area contributed by atoms with Crippen LogP contribution in [0.5, 0.6) is 0 Å². The molecule has 212 valence electrons. The maximum Gasteiger partial charge on any atom is 0.338 e. The van der Waals surface area contributed by atoms with Crippen LogP contribution in [0.3, 0.4) is 0 Å². The first-order chi connectivity index (χ1) is 18.2. The van der Waals surface area contributed by atoms with Crippen LogP contribution in [0.15, 0.2) is 36.4 Å². The fraction of sp³-hybridized carbons (Fsp3) is 0.645. The third-order valence-corrected chi connectivity index (χ3v) is 10.7. The lowest BCUT2D eigenvalue weighted by atomic mass is 9.37. The van der Waals surface area contributed by atoms with Crippen molar-refractivity contribution in [1.29, 1.82) is 0 Å². The number of rotatable bonds is 4. The molecule has 0 aromatic heterocycles. The van der Waals surface area contributed by atoms with Gasteiger partial charge in [0.25, 0.3) is 0 Å². The number of ether oxygens (including phenoxy) is 3. The fourth-order valence-electron chi connectivity index (χ4n) is 9.15.